The van der Waals surface area contributed by atoms with E-state index in [4.69, 9.17) is 9.72 Å². The van der Waals surface area contributed by atoms with Crippen LogP contribution in [-0.2, 0) is 14.3 Å². The topological polar surface area (TPSA) is 117 Å². The smallest absolute Gasteiger partial charge is 0.255 e. The van der Waals surface area contributed by atoms with E-state index in [2.05, 4.69) is 32.4 Å². The number of rotatable bonds is 8. The zero-order valence-electron chi connectivity index (χ0n) is 26.7. The number of ketones is 1. The lowest BCUT2D eigenvalue weighted by molar-refractivity contribution is -0.125. The number of nitrogens with zero attached hydrogens (tertiary/aromatic N) is 3. The summed E-state index contributed by atoms with van der Waals surface area (Å²) in [7, 11) is 0. The number of morpholine rings is 1. The highest BCUT2D eigenvalue weighted by Crippen LogP contribution is 2.32. The lowest BCUT2D eigenvalue weighted by Crippen LogP contribution is -2.46. The van der Waals surface area contributed by atoms with Crippen LogP contribution in [0.3, 0.4) is 0 Å². The summed E-state index contributed by atoms with van der Waals surface area (Å²) in [6, 6.07) is 16.2. The van der Waals surface area contributed by atoms with Gasteiger partial charge in [-0.25, -0.2) is 4.98 Å². The van der Waals surface area contributed by atoms with Gasteiger partial charge in [-0.3, -0.25) is 19.5 Å². The second kappa shape index (κ2) is 16.0. The molecular formula is C38H43N5O4. The summed E-state index contributed by atoms with van der Waals surface area (Å²) >= 11 is 0. The van der Waals surface area contributed by atoms with Crippen molar-refractivity contribution in [1.29, 1.82) is 0 Å². The number of aliphatic hydroxyl groups is 1. The largest absolute Gasteiger partial charge is 0.396 e. The van der Waals surface area contributed by atoms with Gasteiger partial charge in [0.15, 0.2) is 5.78 Å². The molecule has 2 unspecified atom stereocenters. The standard InChI is InChI=1S/C38H43N5O4/c44-26-33(28-9-3-1-4-10-28)31-11-5-2-6-12-32(37(31)45)38(46)39-19-7-8-27-13-18-34-35(24-27)42-36(25-40-34)41-29-14-16-30(17-15-29)43-20-22-47-23-21-43/h1-4,6,9-10,12-13,18,24-25,29-31,33,44H,5,11,14-17,19-23,26H2,(H,39,46)(H,41,42). The Morgan fingerprint density at radius 2 is 1.85 bits per heavy atom. The van der Waals surface area contributed by atoms with Gasteiger partial charge in [-0.1, -0.05) is 54.3 Å². The van der Waals surface area contributed by atoms with Crippen LogP contribution in [0.2, 0.25) is 0 Å². The Bertz CT molecular complexity index is 1660. The van der Waals surface area contributed by atoms with E-state index in [1.165, 1.54) is 12.8 Å². The molecule has 6 rings (SSSR count). The molecular weight excluding hydrogens is 590 g/mol. The Morgan fingerprint density at radius 3 is 2.64 bits per heavy atom. The molecule has 47 heavy (non-hydrogen) atoms. The van der Waals surface area contributed by atoms with Gasteiger partial charge >= 0.3 is 0 Å². The fourth-order valence-corrected chi connectivity index (χ4v) is 6.95. The van der Waals surface area contributed by atoms with Crippen molar-refractivity contribution in [3.8, 4) is 11.8 Å². The number of amides is 1. The van der Waals surface area contributed by atoms with Crippen LogP contribution in [0.1, 0.15) is 55.6 Å². The number of ether oxygens (including phenoxy) is 1. The highest BCUT2D eigenvalue weighted by Gasteiger charge is 2.33. The minimum atomic E-state index is -0.501. The van der Waals surface area contributed by atoms with Crippen LogP contribution in [0.4, 0.5) is 5.82 Å². The Hall–Kier alpha value is -4.36. The van der Waals surface area contributed by atoms with Crippen molar-refractivity contribution in [2.24, 2.45) is 5.92 Å². The molecule has 0 spiro atoms. The molecule has 0 bridgehead atoms. The second-order valence-corrected chi connectivity index (χ2v) is 12.5. The third-order valence-corrected chi connectivity index (χ3v) is 9.52. The molecule has 3 N–H and O–H groups in total. The first-order valence-corrected chi connectivity index (χ1v) is 16.8. The van der Waals surface area contributed by atoms with Gasteiger partial charge in [-0.2, -0.15) is 0 Å². The number of carbonyl (C=O) groups is 2. The van der Waals surface area contributed by atoms with E-state index >= 15 is 0 Å². The number of Topliss-reactive ketones (excluding diaryl/α,β-unsaturated/α-hetero) is 1. The third kappa shape index (κ3) is 8.33. The van der Waals surface area contributed by atoms with E-state index in [1.807, 2.05) is 54.6 Å². The molecule has 2 aromatic carbocycles. The fourth-order valence-electron chi connectivity index (χ4n) is 6.95. The van der Waals surface area contributed by atoms with Crippen LogP contribution in [0.15, 0.2) is 78.5 Å². The number of fused-ring (bicyclic) bond motifs is 1. The monoisotopic (exact) mass is 633 g/mol. The predicted octanol–water partition coefficient (Wildman–Crippen LogP) is 4.39. The summed E-state index contributed by atoms with van der Waals surface area (Å²) < 4.78 is 5.51. The molecule has 1 aliphatic heterocycles. The Balaban J connectivity index is 1.05. The number of hydrogen-bond donors (Lipinski definition) is 3. The maximum absolute atomic E-state index is 13.6. The number of aromatic nitrogens is 2. The summed E-state index contributed by atoms with van der Waals surface area (Å²) in [4.78, 5) is 38.7. The normalized spacial score (nSPS) is 22.7. The van der Waals surface area contributed by atoms with Gasteiger partial charge in [0.25, 0.3) is 5.91 Å². The van der Waals surface area contributed by atoms with Gasteiger partial charge < -0.3 is 20.5 Å². The molecule has 2 atom stereocenters. The number of allylic oxidation sites excluding steroid dienone is 3. The van der Waals surface area contributed by atoms with Crippen LogP contribution in [0, 0.1) is 17.8 Å². The van der Waals surface area contributed by atoms with Crippen LogP contribution in [0.5, 0.6) is 0 Å². The van der Waals surface area contributed by atoms with E-state index in [-0.39, 0.29) is 30.4 Å². The average molecular weight is 634 g/mol. The van der Waals surface area contributed by atoms with Crippen molar-refractivity contribution in [2.75, 3.05) is 44.8 Å². The summed E-state index contributed by atoms with van der Waals surface area (Å²) in [5, 5.41) is 16.6. The third-order valence-electron chi connectivity index (χ3n) is 9.52. The van der Waals surface area contributed by atoms with E-state index in [1.54, 1.807) is 18.3 Å². The molecule has 2 aliphatic carbocycles. The van der Waals surface area contributed by atoms with Crippen molar-refractivity contribution in [1.82, 2.24) is 20.2 Å². The lowest BCUT2D eigenvalue weighted by Gasteiger charge is -2.39. The van der Waals surface area contributed by atoms with Gasteiger partial charge in [0, 0.05) is 42.6 Å². The molecule has 0 radical (unpaired) electrons. The van der Waals surface area contributed by atoms with Crippen LogP contribution < -0.4 is 10.6 Å². The van der Waals surface area contributed by atoms with Gasteiger partial charge in [-0.05, 0) is 68.4 Å². The molecule has 1 amide bonds. The van der Waals surface area contributed by atoms with Crippen LogP contribution in [-0.4, -0.2) is 83.2 Å². The molecule has 1 saturated carbocycles. The SMILES string of the molecule is O=C(NCC#Cc1ccc2ncc(NC3CCC(N4CCOCC4)CC3)nc2c1)C1=CC=CCCC(C(CO)c2ccccc2)C1=O. The van der Waals surface area contributed by atoms with Crippen molar-refractivity contribution >= 4 is 28.5 Å². The fraction of sp³-hybridized carbons (Fsp3) is 0.421. The van der Waals surface area contributed by atoms with Crippen molar-refractivity contribution in [2.45, 2.75) is 56.5 Å². The second-order valence-electron chi connectivity index (χ2n) is 12.5. The number of aliphatic hydroxyl groups excluding tert-OH is 1. The summed E-state index contributed by atoms with van der Waals surface area (Å²) in [6.07, 6.45) is 12.9. The molecule has 2 heterocycles. The molecule has 9 heteroatoms. The van der Waals surface area contributed by atoms with E-state index < -0.39 is 11.8 Å². The minimum absolute atomic E-state index is 0.0812. The maximum Gasteiger partial charge on any atom is 0.255 e. The van der Waals surface area contributed by atoms with Crippen LogP contribution >= 0.6 is 0 Å². The molecule has 244 valence electrons. The Morgan fingerprint density at radius 1 is 1.04 bits per heavy atom. The lowest BCUT2D eigenvalue weighted by atomic mass is 9.78. The number of anilines is 1. The number of carbonyl (C=O) groups excluding carboxylic acids is 2. The summed E-state index contributed by atoms with van der Waals surface area (Å²) in [5.41, 5.74) is 3.28. The molecule has 3 aliphatic rings. The zero-order valence-corrected chi connectivity index (χ0v) is 26.7. The average Bonchev–Trinajstić information content (AvgIpc) is 3.11. The highest BCUT2D eigenvalue weighted by atomic mass is 16.5. The van der Waals surface area contributed by atoms with E-state index in [0.717, 1.165) is 67.1 Å². The Kier molecular flexibility index (Phi) is 11.1. The minimum Gasteiger partial charge on any atom is -0.396 e. The summed E-state index contributed by atoms with van der Waals surface area (Å²) in [5.74, 6) is 5.27. The van der Waals surface area contributed by atoms with Gasteiger partial charge in [0.05, 0.1) is 49.2 Å². The molecule has 1 aromatic heterocycles. The van der Waals surface area contributed by atoms with Crippen molar-refractivity contribution in [3.05, 3.63) is 89.7 Å². The first-order valence-electron chi connectivity index (χ1n) is 16.8. The summed E-state index contributed by atoms with van der Waals surface area (Å²) in [6.45, 7) is 3.66. The number of hydrogen-bond acceptors (Lipinski definition) is 8. The Labute approximate surface area is 276 Å². The zero-order chi connectivity index (χ0) is 32.4. The predicted molar refractivity (Wildman–Crippen MR) is 183 cm³/mol. The molecule has 9 nitrogen and oxygen atoms in total. The van der Waals surface area contributed by atoms with Crippen molar-refractivity contribution in [3.63, 3.8) is 0 Å². The highest BCUT2D eigenvalue weighted by molar-refractivity contribution is 6.20. The number of benzene rings is 2. The van der Waals surface area contributed by atoms with Gasteiger partial charge in [0.1, 0.15) is 5.82 Å². The quantitative estimate of drug-likeness (QED) is 0.247. The number of nitrogens with one attached hydrogen (secondary N) is 2. The molecule has 2 fully saturated rings. The van der Waals surface area contributed by atoms with Crippen molar-refractivity contribution < 1.29 is 19.4 Å². The van der Waals surface area contributed by atoms with Gasteiger partial charge in [-0.15, -0.1) is 0 Å². The van der Waals surface area contributed by atoms with E-state index in [9.17, 15) is 14.7 Å². The molecule has 1 saturated heterocycles. The van der Waals surface area contributed by atoms with Gasteiger partial charge in [0.2, 0.25) is 0 Å². The van der Waals surface area contributed by atoms with E-state index in [0.29, 0.717) is 24.9 Å². The first-order chi connectivity index (χ1) is 23.1. The van der Waals surface area contributed by atoms with Crippen LogP contribution in [0.25, 0.3) is 11.0 Å². The first kappa shape index (κ1) is 32.6. The maximum atomic E-state index is 13.6. The molecule has 3 aromatic rings.